The zero-order valence-electron chi connectivity index (χ0n) is 16.2. The summed E-state index contributed by atoms with van der Waals surface area (Å²) in [7, 11) is 0. The summed E-state index contributed by atoms with van der Waals surface area (Å²) in [6, 6.07) is 7.34. The molecule has 0 bridgehead atoms. The molecule has 1 aliphatic rings. The number of H-pyrrole nitrogens is 1. The van der Waals surface area contributed by atoms with Crippen LogP contribution in [0.5, 0.6) is 0 Å². The fraction of sp³-hybridized carbons (Fsp3) is 0.381. The minimum Gasteiger partial charge on any atom is -0.354 e. The first-order valence-electron chi connectivity index (χ1n) is 9.95. The quantitative estimate of drug-likeness (QED) is 0.666. The molecule has 0 radical (unpaired) electrons. The first-order valence-corrected chi connectivity index (χ1v) is 9.95. The SMILES string of the molecule is O=C(Cc1cc(=O)n2[nH]cc(-c3ccc(F)cc3)c2n1)NCCN1CCCCC1. The highest BCUT2D eigenvalue weighted by molar-refractivity contribution is 5.79. The van der Waals surface area contributed by atoms with Crippen molar-refractivity contribution >= 4 is 11.6 Å². The maximum absolute atomic E-state index is 13.2. The first kappa shape index (κ1) is 19.3. The van der Waals surface area contributed by atoms with Gasteiger partial charge in [-0.2, -0.15) is 0 Å². The van der Waals surface area contributed by atoms with Crippen LogP contribution in [0.2, 0.25) is 0 Å². The third-order valence-electron chi connectivity index (χ3n) is 5.25. The average molecular weight is 397 g/mol. The summed E-state index contributed by atoms with van der Waals surface area (Å²) in [5, 5.41) is 5.78. The molecule has 3 aromatic rings. The Labute approximate surface area is 167 Å². The molecule has 152 valence electrons. The molecule has 0 unspecified atom stereocenters. The maximum atomic E-state index is 13.2. The molecule has 3 heterocycles. The number of aromatic nitrogens is 3. The number of aromatic amines is 1. The van der Waals surface area contributed by atoms with E-state index in [2.05, 4.69) is 20.3 Å². The molecule has 1 aromatic carbocycles. The van der Waals surface area contributed by atoms with Crippen LogP contribution in [0.4, 0.5) is 4.39 Å². The molecule has 1 saturated heterocycles. The Balaban J connectivity index is 1.46. The number of rotatable bonds is 6. The monoisotopic (exact) mass is 397 g/mol. The lowest BCUT2D eigenvalue weighted by molar-refractivity contribution is -0.120. The average Bonchev–Trinajstić information content (AvgIpc) is 3.14. The Morgan fingerprint density at radius 2 is 1.93 bits per heavy atom. The van der Waals surface area contributed by atoms with Crippen LogP contribution >= 0.6 is 0 Å². The summed E-state index contributed by atoms with van der Waals surface area (Å²) in [5.74, 6) is -0.488. The summed E-state index contributed by atoms with van der Waals surface area (Å²) in [6.45, 7) is 3.60. The lowest BCUT2D eigenvalue weighted by Gasteiger charge is -2.26. The second-order valence-corrected chi connectivity index (χ2v) is 7.37. The van der Waals surface area contributed by atoms with Gasteiger partial charge in [-0.05, 0) is 43.6 Å². The van der Waals surface area contributed by atoms with Gasteiger partial charge in [0, 0.05) is 30.9 Å². The number of nitrogens with one attached hydrogen (secondary N) is 2. The van der Waals surface area contributed by atoms with Gasteiger partial charge >= 0.3 is 0 Å². The number of halogens is 1. The number of amides is 1. The summed E-state index contributed by atoms with van der Waals surface area (Å²) in [4.78, 5) is 31.6. The van der Waals surface area contributed by atoms with Crippen molar-refractivity contribution < 1.29 is 9.18 Å². The molecule has 29 heavy (non-hydrogen) atoms. The third-order valence-corrected chi connectivity index (χ3v) is 5.25. The molecule has 0 aliphatic carbocycles. The topological polar surface area (TPSA) is 82.5 Å². The smallest absolute Gasteiger partial charge is 0.272 e. The first-order chi connectivity index (χ1) is 14.1. The number of carbonyl (C=O) groups excluding carboxylic acids is 1. The van der Waals surface area contributed by atoms with Crippen LogP contribution in [-0.4, -0.2) is 51.6 Å². The molecular formula is C21H24FN5O2. The van der Waals surface area contributed by atoms with E-state index in [9.17, 15) is 14.0 Å². The predicted octanol–water partition coefficient (Wildman–Crippen LogP) is 1.97. The van der Waals surface area contributed by atoms with Gasteiger partial charge in [-0.25, -0.2) is 13.9 Å². The highest BCUT2D eigenvalue weighted by Gasteiger charge is 2.14. The lowest BCUT2D eigenvalue weighted by Crippen LogP contribution is -2.38. The van der Waals surface area contributed by atoms with Crippen molar-refractivity contribution in [2.24, 2.45) is 0 Å². The number of fused-ring (bicyclic) bond motifs is 1. The van der Waals surface area contributed by atoms with Crippen LogP contribution in [-0.2, 0) is 11.2 Å². The Morgan fingerprint density at radius 3 is 2.69 bits per heavy atom. The van der Waals surface area contributed by atoms with Crippen LogP contribution in [0.1, 0.15) is 25.0 Å². The number of hydrogen-bond acceptors (Lipinski definition) is 4. The second kappa shape index (κ2) is 8.57. The van der Waals surface area contributed by atoms with Crippen LogP contribution in [0, 0.1) is 5.82 Å². The lowest BCUT2D eigenvalue weighted by atomic mass is 10.1. The number of hydrogen-bond donors (Lipinski definition) is 2. The van der Waals surface area contributed by atoms with Gasteiger partial charge in [0.2, 0.25) is 5.91 Å². The van der Waals surface area contributed by atoms with Crippen LogP contribution < -0.4 is 10.9 Å². The highest BCUT2D eigenvalue weighted by Crippen LogP contribution is 2.22. The van der Waals surface area contributed by atoms with E-state index in [-0.39, 0.29) is 23.7 Å². The van der Waals surface area contributed by atoms with Gasteiger partial charge in [0.1, 0.15) is 5.82 Å². The van der Waals surface area contributed by atoms with Crippen molar-refractivity contribution in [2.45, 2.75) is 25.7 Å². The fourth-order valence-corrected chi connectivity index (χ4v) is 3.72. The van der Waals surface area contributed by atoms with Gasteiger partial charge in [-0.3, -0.25) is 14.7 Å². The molecule has 2 N–H and O–H groups in total. The van der Waals surface area contributed by atoms with Crippen LogP contribution in [0.3, 0.4) is 0 Å². The minimum absolute atomic E-state index is 0.0414. The standard InChI is InChI=1S/C21H24FN5O2/c22-16-6-4-15(5-7-16)18-14-24-27-20(29)13-17(25-21(18)27)12-19(28)23-8-11-26-9-2-1-3-10-26/h4-7,13-14,24H,1-3,8-12H2,(H,23,28). The summed E-state index contributed by atoms with van der Waals surface area (Å²) in [6.07, 6.45) is 5.41. The normalized spacial score (nSPS) is 14.9. The third kappa shape index (κ3) is 4.54. The zero-order valence-corrected chi connectivity index (χ0v) is 16.2. The van der Waals surface area contributed by atoms with Gasteiger partial charge in [0.15, 0.2) is 5.65 Å². The second-order valence-electron chi connectivity index (χ2n) is 7.37. The van der Waals surface area contributed by atoms with Gasteiger partial charge in [0.05, 0.1) is 12.1 Å². The number of carbonyl (C=O) groups is 1. The number of nitrogens with zero attached hydrogens (tertiary/aromatic N) is 3. The van der Waals surface area contributed by atoms with Crippen LogP contribution in [0.25, 0.3) is 16.8 Å². The van der Waals surface area contributed by atoms with E-state index in [1.807, 2.05) is 0 Å². The Morgan fingerprint density at radius 1 is 1.17 bits per heavy atom. The molecule has 0 spiro atoms. The van der Waals surface area contributed by atoms with Crippen molar-refractivity contribution in [2.75, 3.05) is 26.2 Å². The van der Waals surface area contributed by atoms with Gasteiger partial charge in [-0.15, -0.1) is 0 Å². The number of likely N-dealkylation sites (tertiary alicyclic amines) is 1. The molecule has 2 aromatic heterocycles. The molecular weight excluding hydrogens is 373 g/mol. The fourth-order valence-electron chi connectivity index (χ4n) is 3.72. The van der Waals surface area contributed by atoms with Crippen LogP contribution in [0.15, 0.2) is 41.3 Å². The van der Waals surface area contributed by atoms with E-state index in [0.717, 1.165) is 25.2 Å². The van der Waals surface area contributed by atoms with Crippen molar-refractivity contribution in [3.05, 3.63) is 58.4 Å². The highest BCUT2D eigenvalue weighted by atomic mass is 19.1. The molecule has 0 atom stereocenters. The van der Waals surface area contributed by atoms with Gasteiger partial charge in [0.25, 0.3) is 5.56 Å². The van der Waals surface area contributed by atoms with E-state index in [4.69, 9.17) is 0 Å². The van der Waals surface area contributed by atoms with Crippen molar-refractivity contribution in [1.29, 1.82) is 0 Å². The van der Waals surface area contributed by atoms with E-state index >= 15 is 0 Å². The van der Waals surface area contributed by atoms with E-state index in [0.29, 0.717) is 23.4 Å². The summed E-state index contributed by atoms with van der Waals surface area (Å²) in [5.41, 5.74) is 1.95. The molecule has 0 saturated carbocycles. The maximum Gasteiger partial charge on any atom is 0.272 e. The molecule has 4 rings (SSSR count). The van der Waals surface area contributed by atoms with Gasteiger partial charge < -0.3 is 10.2 Å². The molecule has 1 aliphatic heterocycles. The van der Waals surface area contributed by atoms with Crippen molar-refractivity contribution in [3.63, 3.8) is 0 Å². The molecule has 7 nitrogen and oxygen atoms in total. The molecule has 1 amide bonds. The Hall–Kier alpha value is -3.00. The molecule has 1 fully saturated rings. The Bertz CT molecular complexity index is 1050. The number of piperidine rings is 1. The van der Waals surface area contributed by atoms with Gasteiger partial charge in [-0.1, -0.05) is 18.6 Å². The zero-order chi connectivity index (χ0) is 20.2. The van der Waals surface area contributed by atoms with E-state index in [1.165, 1.54) is 42.0 Å². The largest absolute Gasteiger partial charge is 0.354 e. The van der Waals surface area contributed by atoms with E-state index in [1.54, 1.807) is 18.3 Å². The van der Waals surface area contributed by atoms with E-state index < -0.39 is 0 Å². The Kier molecular flexibility index (Phi) is 5.71. The van der Waals surface area contributed by atoms with Crippen molar-refractivity contribution in [3.8, 4) is 11.1 Å². The number of benzene rings is 1. The predicted molar refractivity (Wildman–Crippen MR) is 108 cm³/mol. The summed E-state index contributed by atoms with van der Waals surface area (Å²) >= 11 is 0. The molecule has 8 heteroatoms. The van der Waals surface area contributed by atoms with Crippen molar-refractivity contribution in [1.82, 2.24) is 24.8 Å². The summed E-state index contributed by atoms with van der Waals surface area (Å²) < 4.78 is 14.5. The minimum atomic E-state index is -0.333.